The molecule has 2 saturated carbocycles. The Kier molecular flexibility index (Phi) is 3.87. The summed E-state index contributed by atoms with van der Waals surface area (Å²) in [6.07, 6.45) is 3.59. The average Bonchev–Trinajstić information content (AvgIpc) is 2.25. The van der Waals surface area contributed by atoms with Crippen LogP contribution < -0.4 is 0 Å². The van der Waals surface area contributed by atoms with Crippen LogP contribution in [-0.2, 0) is 0 Å². The van der Waals surface area contributed by atoms with Gasteiger partial charge in [-0.3, -0.25) is 0 Å². The molecule has 1 N–H and O–H groups in total. The number of aliphatic hydroxyl groups excluding tert-OH is 1. The molecule has 2 rings (SSSR count). The minimum absolute atomic E-state index is 0.0404. The number of fused-ring (bicyclic) bond motifs is 1. The molecule has 2 aliphatic carbocycles. The van der Waals surface area contributed by atoms with Gasteiger partial charge in [-0.2, -0.15) is 0 Å². The zero-order valence-electron chi connectivity index (χ0n) is 12.2. The molecule has 0 aromatic heterocycles. The zero-order valence-corrected chi connectivity index (χ0v) is 12.2. The van der Waals surface area contributed by atoms with Gasteiger partial charge >= 0.3 is 0 Å². The van der Waals surface area contributed by atoms with Crippen LogP contribution in [-0.4, -0.2) is 11.2 Å². The van der Waals surface area contributed by atoms with Gasteiger partial charge in [0.1, 0.15) is 0 Å². The van der Waals surface area contributed by atoms with E-state index in [0.29, 0.717) is 11.8 Å². The molecule has 0 heterocycles. The van der Waals surface area contributed by atoms with Crippen molar-refractivity contribution in [3.63, 3.8) is 0 Å². The van der Waals surface area contributed by atoms with Gasteiger partial charge in [0.15, 0.2) is 0 Å². The maximum Gasteiger partial charge on any atom is 0.0576 e. The first-order chi connectivity index (χ1) is 7.97. The third-order valence-corrected chi connectivity index (χ3v) is 6.10. The van der Waals surface area contributed by atoms with E-state index in [-0.39, 0.29) is 6.10 Å². The predicted molar refractivity (Wildman–Crippen MR) is 72.7 cm³/mol. The second kappa shape index (κ2) is 4.91. The summed E-state index contributed by atoms with van der Waals surface area (Å²) in [6, 6.07) is 0. The molecule has 0 radical (unpaired) electrons. The summed E-state index contributed by atoms with van der Waals surface area (Å²) < 4.78 is 0. The van der Waals surface area contributed by atoms with E-state index in [4.69, 9.17) is 0 Å². The van der Waals surface area contributed by atoms with Crippen LogP contribution in [0, 0.1) is 41.4 Å². The van der Waals surface area contributed by atoms with Crippen molar-refractivity contribution in [3.05, 3.63) is 0 Å². The molecule has 0 spiro atoms. The minimum atomic E-state index is -0.0404. The largest absolute Gasteiger partial charge is 0.393 e. The number of hydrogen-bond donors (Lipinski definition) is 1. The van der Waals surface area contributed by atoms with Crippen molar-refractivity contribution in [1.29, 1.82) is 0 Å². The smallest absolute Gasteiger partial charge is 0.0576 e. The Morgan fingerprint density at radius 2 is 1.53 bits per heavy atom. The van der Waals surface area contributed by atoms with Crippen LogP contribution in [0.1, 0.15) is 53.9 Å². The monoisotopic (exact) mass is 238 g/mol. The summed E-state index contributed by atoms with van der Waals surface area (Å²) in [4.78, 5) is 0. The Balaban J connectivity index is 2.28. The molecule has 1 nitrogen and oxygen atoms in total. The van der Waals surface area contributed by atoms with Crippen molar-refractivity contribution in [2.75, 3.05) is 0 Å². The molecule has 8 atom stereocenters. The van der Waals surface area contributed by atoms with Crippen LogP contribution in [0.5, 0.6) is 0 Å². The maximum absolute atomic E-state index is 10.5. The normalized spacial score (nSPS) is 55.4. The molecule has 0 saturated heterocycles. The highest BCUT2D eigenvalue weighted by atomic mass is 16.3. The predicted octanol–water partition coefficient (Wildman–Crippen LogP) is 3.96. The highest BCUT2D eigenvalue weighted by Gasteiger charge is 2.49. The van der Waals surface area contributed by atoms with Gasteiger partial charge in [0.2, 0.25) is 0 Å². The number of aliphatic hydroxyl groups is 1. The molecule has 0 bridgehead atoms. The fraction of sp³-hybridized carbons (Fsp3) is 1.00. The van der Waals surface area contributed by atoms with E-state index in [1.54, 1.807) is 0 Å². The molecule has 100 valence electrons. The summed E-state index contributed by atoms with van der Waals surface area (Å²) in [5.74, 6) is 5.16. The highest BCUT2D eigenvalue weighted by Crippen LogP contribution is 2.53. The maximum atomic E-state index is 10.5. The third kappa shape index (κ3) is 2.16. The molecule has 0 aliphatic heterocycles. The van der Waals surface area contributed by atoms with Gasteiger partial charge in [-0.1, -0.05) is 41.0 Å². The van der Waals surface area contributed by atoms with Crippen molar-refractivity contribution >= 4 is 0 Å². The third-order valence-electron chi connectivity index (χ3n) is 6.10. The van der Waals surface area contributed by atoms with Crippen molar-refractivity contribution in [2.24, 2.45) is 41.4 Å². The van der Waals surface area contributed by atoms with Crippen LogP contribution in [0.4, 0.5) is 0 Å². The van der Waals surface area contributed by atoms with E-state index in [9.17, 15) is 5.11 Å². The fourth-order valence-electron chi connectivity index (χ4n) is 5.18. The zero-order chi connectivity index (χ0) is 12.7. The Bertz CT molecular complexity index is 262. The summed E-state index contributed by atoms with van der Waals surface area (Å²) in [5, 5.41) is 10.5. The van der Waals surface area contributed by atoms with Gasteiger partial charge in [0.05, 0.1) is 6.10 Å². The lowest BCUT2D eigenvalue weighted by molar-refractivity contribution is -0.107. The van der Waals surface area contributed by atoms with Crippen LogP contribution in [0.3, 0.4) is 0 Å². The van der Waals surface area contributed by atoms with Crippen molar-refractivity contribution < 1.29 is 5.11 Å². The molecule has 0 amide bonds. The lowest BCUT2D eigenvalue weighted by atomic mass is 9.52. The summed E-state index contributed by atoms with van der Waals surface area (Å²) >= 11 is 0. The van der Waals surface area contributed by atoms with Crippen LogP contribution in [0.25, 0.3) is 0 Å². The molecule has 0 aromatic rings. The van der Waals surface area contributed by atoms with Crippen LogP contribution in [0.2, 0.25) is 0 Å². The second-order valence-electron chi connectivity index (χ2n) is 7.06. The van der Waals surface area contributed by atoms with Gasteiger partial charge in [0.25, 0.3) is 0 Å². The summed E-state index contributed by atoms with van der Waals surface area (Å²) in [6.45, 7) is 11.9. The molecule has 17 heavy (non-hydrogen) atoms. The van der Waals surface area contributed by atoms with Gasteiger partial charge in [-0.15, -0.1) is 0 Å². The summed E-state index contributed by atoms with van der Waals surface area (Å²) in [7, 11) is 0. The molecule has 1 heteroatoms. The topological polar surface area (TPSA) is 20.2 Å². The molecule has 2 fully saturated rings. The summed E-state index contributed by atoms with van der Waals surface area (Å²) in [5.41, 5.74) is 0. The van der Waals surface area contributed by atoms with Gasteiger partial charge < -0.3 is 5.11 Å². The Morgan fingerprint density at radius 3 is 2.12 bits per heavy atom. The van der Waals surface area contributed by atoms with Crippen molar-refractivity contribution in [1.82, 2.24) is 0 Å². The number of hydrogen-bond acceptors (Lipinski definition) is 1. The van der Waals surface area contributed by atoms with E-state index in [0.717, 1.165) is 36.0 Å². The first-order valence-electron chi connectivity index (χ1n) is 7.65. The lowest BCUT2D eigenvalue weighted by Gasteiger charge is -2.54. The first kappa shape index (κ1) is 13.4. The van der Waals surface area contributed by atoms with E-state index >= 15 is 0 Å². The average molecular weight is 238 g/mol. The van der Waals surface area contributed by atoms with Crippen LogP contribution in [0.15, 0.2) is 0 Å². The van der Waals surface area contributed by atoms with Gasteiger partial charge in [0, 0.05) is 0 Å². The molecular formula is C16H30O. The van der Waals surface area contributed by atoms with Crippen LogP contribution >= 0.6 is 0 Å². The Morgan fingerprint density at radius 1 is 0.882 bits per heavy atom. The van der Waals surface area contributed by atoms with E-state index in [2.05, 4.69) is 34.6 Å². The standard InChI is InChI=1S/C16H30O/c1-6-13-10(3)7-11(4)15-12(5)9(2)8-14(17)16(13)15/h9-17H,6-8H2,1-5H3/t9?,10-,11?,12?,13-,14-,15?,16?/m0/s1. The first-order valence-corrected chi connectivity index (χ1v) is 7.65. The second-order valence-corrected chi connectivity index (χ2v) is 7.06. The molecule has 0 aromatic carbocycles. The van der Waals surface area contributed by atoms with E-state index < -0.39 is 0 Å². The minimum Gasteiger partial charge on any atom is -0.393 e. The van der Waals surface area contributed by atoms with E-state index in [1.807, 2.05) is 0 Å². The molecule has 5 unspecified atom stereocenters. The lowest BCUT2D eigenvalue weighted by Crippen LogP contribution is -2.51. The Labute approximate surface area is 107 Å². The SMILES string of the molecule is CC[C@@H]1C2C(C(C)C[C@@H]1C)C(C)C(C)C[C@@H]2O. The van der Waals surface area contributed by atoms with Crippen molar-refractivity contribution in [3.8, 4) is 0 Å². The molecule has 2 aliphatic rings. The number of rotatable bonds is 1. The fourth-order valence-corrected chi connectivity index (χ4v) is 5.18. The molecular weight excluding hydrogens is 208 g/mol. The Hall–Kier alpha value is -0.0400. The van der Waals surface area contributed by atoms with Gasteiger partial charge in [-0.05, 0) is 54.3 Å². The van der Waals surface area contributed by atoms with Crippen molar-refractivity contribution in [2.45, 2.75) is 60.0 Å². The highest BCUT2D eigenvalue weighted by molar-refractivity contribution is 4.98. The quantitative estimate of drug-likeness (QED) is 0.733. The van der Waals surface area contributed by atoms with Gasteiger partial charge in [-0.25, -0.2) is 0 Å². The van der Waals surface area contributed by atoms with E-state index in [1.165, 1.54) is 12.8 Å².